The number of fused-ring (bicyclic) bond motifs is 1. The Morgan fingerprint density at radius 3 is 2.75 bits per heavy atom. The van der Waals surface area contributed by atoms with E-state index in [0.717, 1.165) is 25.8 Å². The summed E-state index contributed by atoms with van der Waals surface area (Å²) < 4.78 is 7.09. The van der Waals surface area contributed by atoms with E-state index in [-0.39, 0.29) is 6.61 Å². The Kier molecular flexibility index (Phi) is 5.24. The lowest BCUT2D eigenvalue weighted by atomic mass is 10.1. The topological polar surface area (TPSA) is 126 Å². The molecule has 9 heteroatoms. The van der Waals surface area contributed by atoms with Crippen molar-refractivity contribution >= 4 is 17.0 Å². The Bertz CT molecular complexity index is 679. The van der Waals surface area contributed by atoms with Gasteiger partial charge in [-0.25, -0.2) is 15.0 Å². The summed E-state index contributed by atoms with van der Waals surface area (Å²) >= 11 is 0. The normalized spacial score (nSPS) is 27.0. The molecule has 1 fully saturated rings. The predicted octanol–water partition coefficient (Wildman–Crippen LogP) is 0.0399. The van der Waals surface area contributed by atoms with Gasteiger partial charge < -0.3 is 25.4 Å². The van der Waals surface area contributed by atoms with Gasteiger partial charge in [0.1, 0.15) is 24.6 Å². The molecule has 0 saturated carbocycles. The quantitative estimate of drug-likeness (QED) is 0.522. The fourth-order valence-corrected chi connectivity index (χ4v) is 2.86. The van der Waals surface area contributed by atoms with Crippen LogP contribution in [0.5, 0.6) is 0 Å². The molecular weight excluding hydrogens is 314 g/mol. The minimum absolute atomic E-state index is 0.374. The van der Waals surface area contributed by atoms with E-state index in [1.165, 1.54) is 12.7 Å². The van der Waals surface area contributed by atoms with Crippen LogP contribution in [0.4, 0.5) is 5.82 Å². The molecule has 0 aliphatic carbocycles. The highest BCUT2D eigenvalue weighted by atomic mass is 16.6. The number of nitrogens with zero attached hydrogens (tertiary/aromatic N) is 4. The summed E-state index contributed by atoms with van der Waals surface area (Å²) in [6.07, 6.45) is 2.21. The maximum absolute atomic E-state index is 10.2. The zero-order valence-corrected chi connectivity index (χ0v) is 13.5. The lowest BCUT2D eigenvalue weighted by molar-refractivity contribution is -0.0511. The van der Waals surface area contributed by atoms with E-state index >= 15 is 0 Å². The van der Waals surface area contributed by atoms with Gasteiger partial charge in [-0.3, -0.25) is 4.57 Å². The summed E-state index contributed by atoms with van der Waals surface area (Å²) in [4.78, 5) is 12.7. The fraction of sp³-hybridized carbons (Fsp3) is 0.667. The summed E-state index contributed by atoms with van der Waals surface area (Å²) in [5.74, 6) is 0.626. The number of aliphatic hydroxyl groups excluding tert-OH is 3. The number of rotatable bonds is 7. The maximum atomic E-state index is 10.2. The zero-order valence-electron chi connectivity index (χ0n) is 13.5. The summed E-state index contributed by atoms with van der Waals surface area (Å²) in [6, 6.07) is 0. The summed E-state index contributed by atoms with van der Waals surface area (Å²) in [7, 11) is 0. The number of hydrogen-bond donors (Lipinski definition) is 4. The van der Waals surface area contributed by atoms with Crippen molar-refractivity contribution in [3.63, 3.8) is 0 Å². The monoisotopic (exact) mass is 337 g/mol. The minimum atomic E-state index is -1.17. The van der Waals surface area contributed by atoms with E-state index < -0.39 is 24.5 Å². The molecule has 4 N–H and O–H groups in total. The highest BCUT2D eigenvalue weighted by molar-refractivity contribution is 5.82. The molecule has 3 heterocycles. The average Bonchev–Trinajstić information content (AvgIpc) is 3.14. The van der Waals surface area contributed by atoms with E-state index in [1.807, 2.05) is 0 Å². The molecule has 2 aromatic rings. The van der Waals surface area contributed by atoms with E-state index in [0.29, 0.717) is 17.0 Å². The molecule has 1 saturated heterocycles. The third-order valence-corrected chi connectivity index (χ3v) is 4.22. The number of anilines is 1. The smallest absolute Gasteiger partial charge is 0.167 e. The van der Waals surface area contributed by atoms with Crippen molar-refractivity contribution in [3.05, 3.63) is 12.7 Å². The first-order chi connectivity index (χ1) is 11.7. The molecular formula is C15H23N5O4. The zero-order chi connectivity index (χ0) is 17.1. The first kappa shape index (κ1) is 17.0. The lowest BCUT2D eigenvalue weighted by Crippen LogP contribution is -2.33. The second-order valence-electron chi connectivity index (χ2n) is 5.91. The summed E-state index contributed by atoms with van der Waals surface area (Å²) in [5, 5.41) is 32.5. The SMILES string of the molecule is CCCCCNc1ncnc2c1ncn2[C@@H]1O[C@H](CO)[C@@H](O)[C@H]1O. The van der Waals surface area contributed by atoms with Crippen LogP contribution in [0.1, 0.15) is 32.4 Å². The van der Waals surface area contributed by atoms with Crippen LogP contribution >= 0.6 is 0 Å². The van der Waals surface area contributed by atoms with Gasteiger partial charge in [0.05, 0.1) is 12.9 Å². The van der Waals surface area contributed by atoms with Crippen molar-refractivity contribution in [2.75, 3.05) is 18.5 Å². The Morgan fingerprint density at radius 2 is 2.04 bits per heavy atom. The van der Waals surface area contributed by atoms with Crippen molar-refractivity contribution in [2.24, 2.45) is 0 Å². The molecule has 3 rings (SSSR count). The first-order valence-electron chi connectivity index (χ1n) is 8.21. The van der Waals surface area contributed by atoms with Gasteiger partial charge in [-0.1, -0.05) is 19.8 Å². The number of ether oxygens (including phenoxy) is 1. The molecule has 1 aliphatic rings. The second kappa shape index (κ2) is 7.39. The van der Waals surface area contributed by atoms with Gasteiger partial charge in [0, 0.05) is 6.54 Å². The van der Waals surface area contributed by atoms with Gasteiger partial charge in [0.15, 0.2) is 23.2 Å². The van der Waals surface area contributed by atoms with Crippen LogP contribution in [0.15, 0.2) is 12.7 Å². The predicted molar refractivity (Wildman–Crippen MR) is 86.3 cm³/mol. The van der Waals surface area contributed by atoms with Gasteiger partial charge in [-0.05, 0) is 6.42 Å². The summed E-state index contributed by atoms with van der Waals surface area (Å²) in [6.45, 7) is 2.56. The Labute approximate surface area is 139 Å². The van der Waals surface area contributed by atoms with Crippen LogP contribution in [-0.2, 0) is 4.74 Å². The Balaban J connectivity index is 1.83. The molecule has 2 aromatic heterocycles. The fourth-order valence-electron chi connectivity index (χ4n) is 2.86. The third kappa shape index (κ3) is 3.07. The first-order valence-corrected chi connectivity index (χ1v) is 8.21. The third-order valence-electron chi connectivity index (χ3n) is 4.22. The maximum Gasteiger partial charge on any atom is 0.167 e. The lowest BCUT2D eigenvalue weighted by Gasteiger charge is -2.16. The number of aromatic nitrogens is 4. The number of unbranched alkanes of at least 4 members (excludes halogenated alkanes) is 2. The Hall–Kier alpha value is -1.81. The molecule has 0 radical (unpaired) electrons. The van der Waals surface area contributed by atoms with E-state index in [9.17, 15) is 15.3 Å². The minimum Gasteiger partial charge on any atom is -0.394 e. The van der Waals surface area contributed by atoms with Gasteiger partial charge in [-0.2, -0.15) is 0 Å². The highest BCUT2D eigenvalue weighted by Crippen LogP contribution is 2.31. The van der Waals surface area contributed by atoms with Gasteiger partial charge in [0.25, 0.3) is 0 Å². The van der Waals surface area contributed by atoms with Crippen LogP contribution in [0.25, 0.3) is 11.2 Å². The van der Waals surface area contributed by atoms with Crippen molar-refractivity contribution in [2.45, 2.75) is 50.7 Å². The van der Waals surface area contributed by atoms with Gasteiger partial charge in [-0.15, -0.1) is 0 Å². The van der Waals surface area contributed by atoms with Crippen LogP contribution in [0, 0.1) is 0 Å². The summed E-state index contributed by atoms with van der Waals surface area (Å²) in [5.41, 5.74) is 1.07. The molecule has 0 spiro atoms. The molecule has 1 aliphatic heterocycles. The molecule has 132 valence electrons. The van der Waals surface area contributed by atoms with Crippen LogP contribution < -0.4 is 5.32 Å². The number of imidazole rings is 1. The standard InChI is InChI=1S/C15H23N5O4/c1-2-3-4-5-16-13-10-14(18-7-17-13)20(8-19-10)15-12(23)11(22)9(6-21)24-15/h7-9,11-12,15,21-23H,2-6H2,1H3,(H,16,17,18)/t9-,11-,12-,15-/m1/s1. The van der Waals surface area contributed by atoms with Crippen molar-refractivity contribution in [3.8, 4) is 0 Å². The van der Waals surface area contributed by atoms with E-state index in [4.69, 9.17) is 4.74 Å². The van der Waals surface area contributed by atoms with E-state index in [1.54, 1.807) is 4.57 Å². The average molecular weight is 337 g/mol. The molecule has 0 aromatic carbocycles. The molecule has 0 unspecified atom stereocenters. The van der Waals surface area contributed by atoms with Gasteiger partial charge >= 0.3 is 0 Å². The van der Waals surface area contributed by atoms with Crippen LogP contribution in [-0.4, -0.2) is 66.3 Å². The van der Waals surface area contributed by atoms with Crippen molar-refractivity contribution in [1.82, 2.24) is 19.5 Å². The van der Waals surface area contributed by atoms with E-state index in [2.05, 4.69) is 27.2 Å². The molecule has 0 amide bonds. The molecule has 9 nitrogen and oxygen atoms in total. The number of aliphatic hydroxyl groups is 3. The van der Waals surface area contributed by atoms with Crippen LogP contribution in [0.2, 0.25) is 0 Å². The van der Waals surface area contributed by atoms with Crippen LogP contribution in [0.3, 0.4) is 0 Å². The highest BCUT2D eigenvalue weighted by Gasteiger charge is 2.44. The second-order valence-corrected chi connectivity index (χ2v) is 5.91. The number of nitrogens with one attached hydrogen (secondary N) is 1. The number of hydrogen-bond acceptors (Lipinski definition) is 8. The van der Waals surface area contributed by atoms with Gasteiger partial charge in [0.2, 0.25) is 0 Å². The largest absolute Gasteiger partial charge is 0.394 e. The van der Waals surface area contributed by atoms with Crippen molar-refractivity contribution in [1.29, 1.82) is 0 Å². The molecule has 24 heavy (non-hydrogen) atoms. The molecule has 4 atom stereocenters. The Morgan fingerprint density at radius 1 is 1.21 bits per heavy atom. The molecule has 0 bridgehead atoms. The van der Waals surface area contributed by atoms with Crippen molar-refractivity contribution < 1.29 is 20.1 Å².